The maximum Gasteiger partial charge on any atom is 0.254 e. The van der Waals surface area contributed by atoms with Gasteiger partial charge in [0.1, 0.15) is 0 Å². The van der Waals surface area contributed by atoms with Crippen LogP contribution in [0.25, 0.3) is 5.69 Å². The van der Waals surface area contributed by atoms with Crippen LogP contribution in [0.15, 0.2) is 54.7 Å². The summed E-state index contributed by atoms with van der Waals surface area (Å²) < 4.78 is 1.87. The third-order valence-electron chi connectivity index (χ3n) is 6.78. The molecule has 0 atom stereocenters. The number of carbonyl (C=O) groups is 1. The smallest absolute Gasteiger partial charge is 0.254 e. The van der Waals surface area contributed by atoms with E-state index in [1.807, 2.05) is 28.9 Å². The molecule has 0 aliphatic carbocycles. The van der Waals surface area contributed by atoms with Crippen LogP contribution in [0.2, 0.25) is 5.02 Å². The number of fused-ring (bicyclic) bond motifs is 1. The molecule has 2 aromatic carbocycles. The second-order valence-corrected chi connectivity index (χ2v) is 9.29. The van der Waals surface area contributed by atoms with Gasteiger partial charge in [-0.25, -0.2) is 4.68 Å². The molecule has 6 nitrogen and oxygen atoms in total. The number of amides is 1. The number of aromatic nitrogens is 2. The zero-order valence-corrected chi connectivity index (χ0v) is 19.5. The maximum absolute atomic E-state index is 13.2. The molecule has 2 aliphatic rings. The first-order valence-electron chi connectivity index (χ1n) is 11.8. The minimum atomic E-state index is -0.0563. The van der Waals surface area contributed by atoms with Gasteiger partial charge in [0, 0.05) is 32.1 Å². The number of nitrogens with one attached hydrogen (secondary N) is 2. The minimum absolute atomic E-state index is 0.0563. The van der Waals surface area contributed by atoms with Crippen molar-refractivity contribution in [2.24, 2.45) is 0 Å². The number of carbonyl (C=O) groups excluding carboxylic acids is 1. The second kappa shape index (κ2) is 10.1. The van der Waals surface area contributed by atoms with Crippen molar-refractivity contribution >= 4 is 17.5 Å². The third-order valence-corrected chi connectivity index (χ3v) is 7.10. The lowest BCUT2D eigenvalue weighted by molar-refractivity contribution is 0.0945. The van der Waals surface area contributed by atoms with Crippen molar-refractivity contribution in [3.63, 3.8) is 0 Å². The van der Waals surface area contributed by atoms with E-state index in [0.717, 1.165) is 63.4 Å². The molecular formula is C26H30ClN5O. The highest BCUT2D eigenvalue weighted by atomic mass is 35.5. The Morgan fingerprint density at radius 3 is 2.67 bits per heavy atom. The summed E-state index contributed by atoms with van der Waals surface area (Å²) in [6, 6.07) is 16.3. The van der Waals surface area contributed by atoms with Crippen LogP contribution in [-0.4, -0.2) is 53.3 Å². The number of hydrogen-bond donors (Lipinski definition) is 2. The number of hydrogen-bond acceptors (Lipinski definition) is 4. The summed E-state index contributed by atoms with van der Waals surface area (Å²) in [5.41, 5.74) is 5.28. The number of nitrogens with zero attached hydrogens (tertiary/aromatic N) is 3. The van der Waals surface area contributed by atoms with E-state index in [9.17, 15) is 4.79 Å². The van der Waals surface area contributed by atoms with Gasteiger partial charge in [-0.2, -0.15) is 5.10 Å². The van der Waals surface area contributed by atoms with Gasteiger partial charge in [0.15, 0.2) is 0 Å². The number of piperidine rings is 1. The van der Waals surface area contributed by atoms with Gasteiger partial charge in [-0.3, -0.25) is 9.69 Å². The average molecular weight is 464 g/mol. The highest BCUT2D eigenvalue weighted by Crippen LogP contribution is 2.32. The van der Waals surface area contributed by atoms with Crippen molar-refractivity contribution < 1.29 is 4.79 Å². The monoisotopic (exact) mass is 463 g/mol. The van der Waals surface area contributed by atoms with E-state index in [2.05, 4.69) is 44.9 Å². The van der Waals surface area contributed by atoms with E-state index in [0.29, 0.717) is 17.1 Å². The van der Waals surface area contributed by atoms with Crippen LogP contribution in [0.5, 0.6) is 0 Å². The first-order valence-corrected chi connectivity index (χ1v) is 12.2. The summed E-state index contributed by atoms with van der Waals surface area (Å²) in [7, 11) is 0. The fourth-order valence-corrected chi connectivity index (χ4v) is 5.22. The Morgan fingerprint density at radius 2 is 1.85 bits per heavy atom. The van der Waals surface area contributed by atoms with Crippen LogP contribution in [-0.2, 0) is 13.0 Å². The lowest BCUT2D eigenvalue weighted by Gasteiger charge is -2.28. The van der Waals surface area contributed by atoms with Crippen LogP contribution in [0.4, 0.5) is 0 Å². The standard InChI is InChI=1S/C26H30ClN5O/c27-23-7-3-4-8-24(23)32-25(20-9-12-28-13-10-20)22(17-30-32)26(33)29-14-16-31-15-11-19-5-1-2-6-21(19)18-31/h1-8,17,20,28H,9-16,18H2,(H,29,33). The van der Waals surface area contributed by atoms with Crippen LogP contribution in [0.3, 0.4) is 0 Å². The van der Waals surface area contributed by atoms with Gasteiger partial charge in [0.2, 0.25) is 0 Å². The van der Waals surface area contributed by atoms with E-state index in [1.165, 1.54) is 11.1 Å². The van der Waals surface area contributed by atoms with Gasteiger partial charge >= 0.3 is 0 Å². The lowest BCUT2D eigenvalue weighted by atomic mass is 9.91. The topological polar surface area (TPSA) is 62.2 Å². The molecule has 2 N–H and O–H groups in total. The normalized spacial score (nSPS) is 17.0. The molecule has 0 unspecified atom stereocenters. The number of para-hydroxylation sites is 1. The molecule has 0 saturated carbocycles. The van der Waals surface area contributed by atoms with Gasteiger partial charge < -0.3 is 10.6 Å². The van der Waals surface area contributed by atoms with Crippen molar-refractivity contribution in [3.05, 3.63) is 82.1 Å². The third kappa shape index (κ3) is 4.83. The van der Waals surface area contributed by atoms with E-state index >= 15 is 0 Å². The Labute approximate surface area is 199 Å². The van der Waals surface area contributed by atoms with Crippen LogP contribution in [0.1, 0.15) is 45.9 Å². The Hall–Kier alpha value is -2.67. The summed E-state index contributed by atoms with van der Waals surface area (Å²) in [4.78, 5) is 15.7. The predicted molar refractivity (Wildman–Crippen MR) is 131 cm³/mol. The van der Waals surface area contributed by atoms with Crippen molar-refractivity contribution in [2.45, 2.75) is 31.7 Å². The average Bonchev–Trinajstić information content (AvgIpc) is 3.30. The highest BCUT2D eigenvalue weighted by Gasteiger charge is 2.27. The molecule has 0 radical (unpaired) electrons. The zero-order chi connectivity index (χ0) is 22.6. The van der Waals surface area contributed by atoms with Gasteiger partial charge in [-0.1, -0.05) is 48.0 Å². The lowest BCUT2D eigenvalue weighted by Crippen LogP contribution is -2.38. The van der Waals surface area contributed by atoms with Crippen LogP contribution >= 0.6 is 11.6 Å². The van der Waals surface area contributed by atoms with E-state index < -0.39 is 0 Å². The molecule has 3 aromatic rings. The molecular weight excluding hydrogens is 434 g/mol. The van der Waals surface area contributed by atoms with E-state index in [4.69, 9.17) is 11.6 Å². The molecule has 0 spiro atoms. The SMILES string of the molecule is O=C(NCCN1CCc2ccccc2C1)c1cnn(-c2ccccc2Cl)c1C1CCNCC1. The molecule has 3 heterocycles. The molecule has 1 aromatic heterocycles. The first-order chi connectivity index (χ1) is 16.2. The highest BCUT2D eigenvalue weighted by molar-refractivity contribution is 6.32. The summed E-state index contributed by atoms with van der Waals surface area (Å²) >= 11 is 6.48. The first kappa shape index (κ1) is 22.1. The molecule has 7 heteroatoms. The Kier molecular flexibility index (Phi) is 6.76. The van der Waals surface area contributed by atoms with Crippen molar-refractivity contribution in [1.82, 2.24) is 25.3 Å². The Bertz CT molecular complexity index is 1120. The Balaban J connectivity index is 1.30. The van der Waals surface area contributed by atoms with Crippen LogP contribution in [0, 0.1) is 0 Å². The predicted octanol–water partition coefficient (Wildman–Crippen LogP) is 3.78. The molecule has 0 bridgehead atoms. The molecule has 5 rings (SSSR count). The van der Waals surface area contributed by atoms with Crippen molar-refractivity contribution in [2.75, 3.05) is 32.7 Å². The molecule has 2 aliphatic heterocycles. The molecule has 1 amide bonds. The maximum atomic E-state index is 13.2. The van der Waals surface area contributed by atoms with Gasteiger partial charge in [-0.15, -0.1) is 0 Å². The fourth-order valence-electron chi connectivity index (χ4n) is 5.00. The molecule has 1 fully saturated rings. The number of benzene rings is 2. The molecule has 33 heavy (non-hydrogen) atoms. The second-order valence-electron chi connectivity index (χ2n) is 8.88. The quantitative estimate of drug-likeness (QED) is 0.584. The van der Waals surface area contributed by atoms with Gasteiger partial charge in [0.25, 0.3) is 5.91 Å². The van der Waals surface area contributed by atoms with Crippen molar-refractivity contribution in [1.29, 1.82) is 0 Å². The minimum Gasteiger partial charge on any atom is -0.351 e. The fraction of sp³-hybridized carbons (Fsp3) is 0.385. The van der Waals surface area contributed by atoms with Crippen LogP contribution < -0.4 is 10.6 Å². The Morgan fingerprint density at radius 1 is 1.09 bits per heavy atom. The summed E-state index contributed by atoms with van der Waals surface area (Å²) in [6.45, 7) is 5.30. The zero-order valence-electron chi connectivity index (χ0n) is 18.8. The van der Waals surface area contributed by atoms with Gasteiger partial charge in [-0.05, 0) is 55.6 Å². The molecule has 172 valence electrons. The number of rotatable bonds is 6. The molecule has 1 saturated heterocycles. The summed E-state index contributed by atoms with van der Waals surface area (Å²) in [6.07, 6.45) is 4.72. The largest absolute Gasteiger partial charge is 0.351 e. The summed E-state index contributed by atoms with van der Waals surface area (Å²) in [5.74, 6) is 0.212. The van der Waals surface area contributed by atoms with E-state index in [-0.39, 0.29) is 11.8 Å². The number of halogens is 1. The summed E-state index contributed by atoms with van der Waals surface area (Å²) in [5, 5.41) is 11.8. The van der Waals surface area contributed by atoms with E-state index in [1.54, 1.807) is 6.20 Å². The van der Waals surface area contributed by atoms with Gasteiger partial charge in [0.05, 0.1) is 28.2 Å². The van der Waals surface area contributed by atoms with Crippen molar-refractivity contribution in [3.8, 4) is 5.69 Å².